The lowest BCUT2D eigenvalue weighted by Crippen LogP contribution is -2.02. The van der Waals surface area contributed by atoms with Gasteiger partial charge in [-0.05, 0) is 49.1 Å². The fraction of sp³-hybridized carbons (Fsp3) is 0.294. The van der Waals surface area contributed by atoms with Crippen LogP contribution in [-0.4, -0.2) is 0 Å². The molecule has 0 aliphatic heterocycles. The van der Waals surface area contributed by atoms with Gasteiger partial charge in [0.25, 0.3) is 0 Å². The van der Waals surface area contributed by atoms with Crippen LogP contribution in [0.5, 0.6) is 5.75 Å². The molecule has 2 aromatic rings. The second-order valence-electron chi connectivity index (χ2n) is 5.07. The quantitative estimate of drug-likeness (QED) is 0.899. The first-order chi connectivity index (χ1) is 9.52. The van der Waals surface area contributed by atoms with Crippen LogP contribution in [0.1, 0.15) is 27.8 Å². The standard InChI is InChI=1S/C17H20BrNO/c1-11-4-5-12(2)17(13(11)3)20-10-15-7-6-14(9-19)8-16(15)18/h4-8H,9-10,19H2,1-3H3. The lowest BCUT2D eigenvalue weighted by atomic mass is 10.1. The van der Waals surface area contributed by atoms with E-state index >= 15 is 0 Å². The molecule has 0 radical (unpaired) electrons. The van der Waals surface area contributed by atoms with Crippen LogP contribution >= 0.6 is 15.9 Å². The number of halogens is 1. The van der Waals surface area contributed by atoms with E-state index in [4.69, 9.17) is 10.5 Å². The van der Waals surface area contributed by atoms with Crippen molar-refractivity contribution >= 4 is 15.9 Å². The molecule has 2 nitrogen and oxygen atoms in total. The Morgan fingerprint density at radius 3 is 2.40 bits per heavy atom. The van der Waals surface area contributed by atoms with Gasteiger partial charge in [0.1, 0.15) is 12.4 Å². The summed E-state index contributed by atoms with van der Waals surface area (Å²) in [5, 5.41) is 0. The number of benzene rings is 2. The molecule has 0 atom stereocenters. The first kappa shape index (κ1) is 15.1. The van der Waals surface area contributed by atoms with Crippen LogP contribution in [0.3, 0.4) is 0 Å². The zero-order valence-electron chi connectivity index (χ0n) is 12.2. The predicted octanol–water partition coefficient (Wildman–Crippen LogP) is 4.41. The topological polar surface area (TPSA) is 35.2 Å². The molecule has 3 heteroatoms. The summed E-state index contributed by atoms with van der Waals surface area (Å²) in [6.45, 7) is 7.39. The Kier molecular flexibility index (Phi) is 4.84. The average molecular weight is 334 g/mol. The number of rotatable bonds is 4. The average Bonchev–Trinajstić information content (AvgIpc) is 2.44. The zero-order valence-corrected chi connectivity index (χ0v) is 13.8. The molecule has 0 saturated carbocycles. The highest BCUT2D eigenvalue weighted by Gasteiger charge is 2.08. The van der Waals surface area contributed by atoms with Crippen molar-refractivity contribution in [3.05, 3.63) is 62.6 Å². The van der Waals surface area contributed by atoms with Gasteiger partial charge in [-0.3, -0.25) is 0 Å². The van der Waals surface area contributed by atoms with Crippen LogP contribution in [0.15, 0.2) is 34.8 Å². The Morgan fingerprint density at radius 1 is 1.05 bits per heavy atom. The fourth-order valence-corrected chi connectivity index (χ4v) is 2.67. The van der Waals surface area contributed by atoms with Gasteiger partial charge in [0.2, 0.25) is 0 Å². The highest BCUT2D eigenvalue weighted by atomic mass is 79.9. The first-order valence-corrected chi connectivity index (χ1v) is 7.49. The third-order valence-electron chi connectivity index (χ3n) is 3.60. The molecule has 106 valence electrons. The number of nitrogens with two attached hydrogens (primary N) is 1. The van der Waals surface area contributed by atoms with E-state index in [0.717, 1.165) is 21.3 Å². The third-order valence-corrected chi connectivity index (χ3v) is 4.34. The minimum absolute atomic E-state index is 0.551. The van der Waals surface area contributed by atoms with Gasteiger partial charge in [0.05, 0.1) is 0 Å². The summed E-state index contributed by atoms with van der Waals surface area (Å²) in [5.74, 6) is 0.986. The largest absolute Gasteiger partial charge is 0.488 e. The normalized spacial score (nSPS) is 10.7. The number of hydrogen-bond acceptors (Lipinski definition) is 2. The van der Waals surface area contributed by atoms with E-state index in [1.807, 2.05) is 6.07 Å². The van der Waals surface area contributed by atoms with Gasteiger partial charge in [-0.25, -0.2) is 0 Å². The molecule has 0 bridgehead atoms. The molecular formula is C17H20BrNO. The Morgan fingerprint density at radius 2 is 1.75 bits per heavy atom. The Hall–Kier alpha value is -1.32. The number of aryl methyl sites for hydroxylation is 2. The van der Waals surface area contributed by atoms with E-state index in [9.17, 15) is 0 Å². The molecule has 2 aromatic carbocycles. The molecule has 0 aromatic heterocycles. The summed E-state index contributed by atoms with van der Waals surface area (Å²) in [7, 11) is 0. The second-order valence-corrected chi connectivity index (χ2v) is 5.93. The van der Waals surface area contributed by atoms with Crippen molar-refractivity contribution in [2.24, 2.45) is 5.73 Å². The lowest BCUT2D eigenvalue weighted by Gasteiger charge is -2.15. The van der Waals surface area contributed by atoms with Crippen molar-refractivity contribution in [3.8, 4) is 5.75 Å². The molecule has 2 N–H and O–H groups in total. The summed E-state index contributed by atoms with van der Waals surface area (Å²) in [5.41, 5.74) is 11.5. The highest BCUT2D eigenvalue weighted by molar-refractivity contribution is 9.10. The van der Waals surface area contributed by atoms with Crippen molar-refractivity contribution in [1.29, 1.82) is 0 Å². The molecule has 0 amide bonds. The maximum absolute atomic E-state index is 6.03. The summed E-state index contributed by atoms with van der Waals surface area (Å²) in [6.07, 6.45) is 0. The molecule has 2 rings (SSSR count). The summed E-state index contributed by atoms with van der Waals surface area (Å²) >= 11 is 3.58. The number of hydrogen-bond donors (Lipinski definition) is 1. The van der Waals surface area contributed by atoms with Crippen LogP contribution in [0.25, 0.3) is 0 Å². The molecule has 0 unspecified atom stereocenters. The van der Waals surface area contributed by atoms with E-state index < -0.39 is 0 Å². The summed E-state index contributed by atoms with van der Waals surface area (Å²) in [6, 6.07) is 10.4. The van der Waals surface area contributed by atoms with Crippen LogP contribution in [0.4, 0.5) is 0 Å². The molecule has 0 heterocycles. The van der Waals surface area contributed by atoms with Gasteiger partial charge in [-0.15, -0.1) is 0 Å². The van der Waals surface area contributed by atoms with Gasteiger partial charge < -0.3 is 10.5 Å². The van der Waals surface area contributed by atoms with Crippen molar-refractivity contribution in [2.45, 2.75) is 33.9 Å². The van der Waals surface area contributed by atoms with Crippen molar-refractivity contribution < 1.29 is 4.74 Å². The molecule has 0 aliphatic carbocycles. The summed E-state index contributed by atoms with van der Waals surface area (Å²) < 4.78 is 7.07. The van der Waals surface area contributed by atoms with Crippen molar-refractivity contribution in [2.75, 3.05) is 0 Å². The van der Waals surface area contributed by atoms with Gasteiger partial charge >= 0.3 is 0 Å². The second kappa shape index (κ2) is 6.42. The van der Waals surface area contributed by atoms with Crippen LogP contribution < -0.4 is 10.5 Å². The zero-order chi connectivity index (χ0) is 14.7. The van der Waals surface area contributed by atoms with E-state index in [0.29, 0.717) is 13.2 Å². The van der Waals surface area contributed by atoms with Gasteiger partial charge in [-0.1, -0.05) is 40.2 Å². The molecule has 0 saturated heterocycles. The van der Waals surface area contributed by atoms with Gasteiger partial charge in [0, 0.05) is 16.6 Å². The smallest absolute Gasteiger partial charge is 0.125 e. The molecule has 0 fully saturated rings. The maximum atomic E-state index is 6.03. The Balaban J connectivity index is 2.19. The van der Waals surface area contributed by atoms with Crippen molar-refractivity contribution in [1.82, 2.24) is 0 Å². The van der Waals surface area contributed by atoms with E-state index in [1.165, 1.54) is 16.7 Å². The highest BCUT2D eigenvalue weighted by Crippen LogP contribution is 2.28. The maximum Gasteiger partial charge on any atom is 0.125 e. The minimum atomic E-state index is 0.551. The molecule has 20 heavy (non-hydrogen) atoms. The Labute approximate surface area is 129 Å². The predicted molar refractivity (Wildman–Crippen MR) is 87.0 cm³/mol. The summed E-state index contributed by atoms with van der Waals surface area (Å²) in [4.78, 5) is 0. The SMILES string of the molecule is Cc1ccc(C)c(OCc2ccc(CN)cc2Br)c1C. The van der Waals surface area contributed by atoms with Gasteiger partial charge in [-0.2, -0.15) is 0 Å². The van der Waals surface area contributed by atoms with Crippen LogP contribution in [-0.2, 0) is 13.2 Å². The monoisotopic (exact) mass is 333 g/mol. The lowest BCUT2D eigenvalue weighted by molar-refractivity contribution is 0.301. The molecule has 0 spiro atoms. The minimum Gasteiger partial charge on any atom is -0.488 e. The van der Waals surface area contributed by atoms with Crippen LogP contribution in [0, 0.1) is 20.8 Å². The van der Waals surface area contributed by atoms with E-state index in [2.05, 4.69) is 61.0 Å². The fourth-order valence-electron chi connectivity index (χ4n) is 2.13. The number of ether oxygens (including phenoxy) is 1. The third kappa shape index (κ3) is 3.22. The first-order valence-electron chi connectivity index (χ1n) is 6.70. The van der Waals surface area contributed by atoms with Crippen molar-refractivity contribution in [3.63, 3.8) is 0 Å². The van der Waals surface area contributed by atoms with E-state index in [1.54, 1.807) is 0 Å². The Bertz CT molecular complexity index is 623. The molecule has 0 aliphatic rings. The van der Waals surface area contributed by atoms with Crippen LogP contribution in [0.2, 0.25) is 0 Å². The van der Waals surface area contributed by atoms with E-state index in [-0.39, 0.29) is 0 Å². The van der Waals surface area contributed by atoms with Gasteiger partial charge in [0.15, 0.2) is 0 Å². The molecular weight excluding hydrogens is 314 g/mol.